The summed E-state index contributed by atoms with van der Waals surface area (Å²) in [4.78, 5) is 0. The van der Waals surface area contributed by atoms with Crippen molar-refractivity contribution in [1.82, 2.24) is 0 Å². The van der Waals surface area contributed by atoms with Crippen LogP contribution in [0.3, 0.4) is 0 Å². The molecule has 0 saturated heterocycles. The van der Waals surface area contributed by atoms with Crippen LogP contribution in [0, 0.1) is 11.7 Å². The molecule has 2 heteroatoms. The molecule has 1 aromatic carbocycles. The van der Waals surface area contributed by atoms with Crippen LogP contribution in [0.25, 0.3) is 0 Å². The molecule has 1 heterocycles. The normalized spacial score (nSPS) is 23.9. The van der Waals surface area contributed by atoms with Crippen LogP contribution in [-0.2, 0) is 11.3 Å². The summed E-state index contributed by atoms with van der Waals surface area (Å²) in [5.74, 6) is 1.24. The summed E-state index contributed by atoms with van der Waals surface area (Å²) in [5.41, 5.74) is 3.17. The van der Waals surface area contributed by atoms with Crippen molar-refractivity contribution in [2.24, 2.45) is 5.92 Å². The molecule has 2 aliphatic rings. The molecule has 0 unspecified atom stereocenters. The van der Waals surface area contributed by atoms with E-state index >= 15 is 0 Å². The molecular formula is C15H19FO. The van der Waals surface area contributed by atoms with Crippen LogP contribution in [0.5, 0.6) is 0 Å². The van der Waals surface area contributed by atoms with E-state index < -0.39 is 0 Å². The van der Waals surface area contributed by atoms with E-state index in [1.807, 2.05) is 0 Å². The maximum absolute atomic E-state index is 14.3. The Morgan fingerprint density at radius 1 is 1.29 bits per heavy atom. The van der Waals surface area contributed by atoms with Crippen molar-refractivity contribution in [3.05, 3.63) is 34.6 Å². The summed E-state index contributed by atoms with van der Waals surface area (Å²) in [5, 5.41) is 0. The monoisotopic (exact) mass is 234 g/mol. The predicted molar refractivity (Wildman–Crippen MR) is 65.6 cm³/mol. The molecule has 1 aromatic rings. The molecule has 1 fully saturated rings. The van der Waals surface area contributed by atoms with E-state index in [0.29, 0.717) is 25.0 Å². The Labute approximate surface area is 102 Å². The van der Waals surface area contributed by atoms with Crippen molar-refractivity contribution in [2.45, 2.75) is 45.1 Å². The molecule has 0 bridgehead atoms. The zero-order valence-electron chi connectivity index (χ0n) is 10.5. The van der Waals surface area contributed by atoms with E-state index in [4.69, 9.17) is 4.74 Å². The minimum absolute atomic E-state index is 0.00796. The van der Waals surface area contributed by atoms with Crippen molar-refractivity contribution in [3.8, 4) is 0 Å². The maximum atomic E-state index is 14.3. The first-order valence-electron chi connectivity index (χ1n) is 6.56. The van der Waals surface area contributed by atoms with Gasteiger partial charge in [-0.2, -0.15) is 0 Å². The van der Waals surface area contributed by atoms with E-state index in [0.717, 1.165) is 11.1 Å². The molecule has 92 valence electrons. The molecule has 1 aliphatic carbocycles. The SMILES string of the molecule is CC(C)[C@@H]1COCc2cc(C3CC3)cc(F)c21. The smallest absolute Gasteiger partial charge is 0.127 e. The number of hydrogen-bond donors (Lipinski definition) is 0. The Hall–Kier alpha value is -0.890. The van der Waals surface area contributed by atoms with Crippen LogP contribution in [-0.4, -0.2) is 6.61 Å². The third-order valence-corrected chi connectivity index (χ3v) is 4.02. The highest BCUT2D eigenvalue weighted by atomic mass is 19.1. The molecule has 1 nitrogen and oxygen atoms in total. The van der Waals surface area contributed by atoms with Gasteiger partial charge in [0.05, 0.1) is 13.2 Å². The molecule has 3 rings (SSSR count). The summed E-state index contributed by atoms with van der Waals surface area (Å²) < 4.78 is 19.9. The number of fused-ring (bicyclic) bond motifs is 1. The largest absolute Gasteiger partial charge is 0.376 e. The molecular weight excluding hydrogens is 215 g/mol. The van der Waals surface area contributed by atoms with Crippen LogP contribution in [0.4, 0.5) is 4.39 Å². The second-order valence-corrected chi connectivity index (χ2v) is 5.72. The molecule has 1 atom stereocenters. The Kier molecular flexibility index (Phi) is 2.70. The zero-order valence-corrected chi connectivity index (χ0v) is 10.5. The van der Waals surface area contributed by atoms with Gasteiger partial charge in [0.1, 0.15) is 5.82 Å². The summed E-state index contributed by atoms with van der Waals surface area (Å²) in [6, 6.07) is 3.93. The van der Waals surface area contributed by atoms with E-state index in [1.165, 1.54) is 18.4 Å². The molecule has 17 heavy (non-hydrogen) atoms. The number of rotatable bonds is 2. The van der Waals surface area contributed by atoms with Crippen molar-refractivity contribution >= 4 is 0 Å². The third-order valence-electron chi connectivity index (χ3n) is 4.02. The highest BCUT2D eigenvalue weighted by Crippen LogP contribution is 2.43. The van der Waals surface area contributed by atoms with Crippen LogP contribution < -0.4 is 0 Å². The van der Waals surface area contributed by atoms with Crippen molar-refractivity contribution in [3.63, 3.8) is 0 Å². The van der Waals surface area contributed by atoms with Gasteiger partial charge in [-0.25, -0.2) is 4.39 Å². The van der Waals surface area contributed by atoms with Crippen molar-refractivity contribution < 1.29 is 9.13 Å². The van der Waals surface area contributed by atoms with Gasteiger partial charge in [-0.1, -0.05) is 19.9 Å². The number of halogens is 1. The van der Waals surface area contributed by atoms with Gasteiger partial charge in [-0.3, -0.25) is 0 Å². The quantitative estimate of drug-likeness (QED) is 0.752. The van der Waals surface area contributed by atoms with Gasteiger partial charge in [0.25, 0.3) is 0 Å². The van der Waals surface area contributed by atoms with Crippen LogP contribution in [0.2, 0.25) is 0 Å². The van der Waals surface area contributed by atoms with Gasteiger partial charge in [-0.05, 0) is 47.4 Å². The summed E-state index contributed by atoms with van der Waals surface area (Å²) in [6.45, 7) is 5.51. The topological polar surface area (TPSA) is 9.23 Å². The van der Waals surface area contributed by atoms with Crippen LogP contribution in [0.1, 0.15) is 55.2 Å². The summed E-state index contributed by atoms with van der Waals surface area (Å²) in [6.07, 6.45) is 2.43. The highest BCUT2D eigenvalue weighted by Gasteiger charge is 2.30. The molecule has 1 saturated carbocycles. The zero-order chi connectivity index (χ0) is 12.0. The Bertz CT molecular complexity index is 435. The minimum Gasteiger partial charge on any atom is -0.376 e. The lowest BCUT2D eigenvalue weighted by molar-refractivity contribution is 0.0773. The van der Waals surface area contributed by atoms with E-state index in [1.54, 1.807) is 6.07 Å². The van der Waals surface area contributed by atoms with Crippen LogP contribution >= 0.6 is 0 Å². The van der Waals surface area contributed by atoms with Crippen LogP contribution in [0.15, 0.2) is 12.1 Å². The van der Waals surface area contributed by atoms with Gasteiger partial charge < -0.3 is 4.74 Å². The van der Waals surface area contributed by atoms with Gasteiger partial charge in [-0.15, -0.1) is 0 Å². The van der Waals surface area contributed by atoms with Gasteiger partial charge in [0.2, 0.25) is 0 Å². The Morgan fingerprint density at radius 2 is 2.06 bits per heavy atom. The van der Waals surface area contributed by atoms with E-state index in [-0.39, 0.29) is 11.7 Å². The lowest BCUT2D eigenvalue weighted by Gasteiger charge is -2.29. The second-order valence-electron chi connectivity index (χ2n) is 5.72. The molecule has 0 N–H and O–H groups in total. The first kappa shape index (κ1) is 11.2. The first-order valence-corrected chi connectivity index (χ1v) is 6.56. The number of ether oxygens (including phenoxy) is 1. The summed E-state index contributed by atoms with van der Waals surface area (Å²) in [7, 11) is 0. The molecule has 0 radical (unpaired) electrons. The summed E-state index contributed by atoms with van der Waals surface area (Å²) >= 11 is 0. The molecule has 0 spiro atoms. The van der Waals surface area contributed by atoms with E-state index in [9.17, 15) is 4.39 Å². The van der Waals surface area contributed by atoms with Crippen molar-refractivity contribution in [1.29, 1.82) is 0 Å². The molecule has 0 aromatic heterocycles. The fraction of sp³-hybridized carbons (Fsp3) is 0.600. The Balaban J connectivity index is 2.04. The lowest BCUT2D eigenvalue weighted by atomic mass is 9.83. The fourth-order valence-corrected chi connectivity index (χ4v) is 2.79. The van der Waals surface area contributed by atoms with Crippen molar-refractivity contribution in [2.75, 3.05) is 6.61 Å². The van der Waals surface area contributed by atoms with Gasteiger partial charge in [0.15, 0.2) is 0 Å². The van der Waals surface area contributed by atoms with Gasteiger partial charge in [0, 0.05) is 5.92 Å². The third kappa shape index (κ3) is 1.99. The molecule has 1 aliphatic heterocycles. The average Bonchev–Trinajstić information content (AvgIpc) is 3.11. The lowest BCUT2D eigenvalue weighted by Crippen LogP contribution is -2.22. The highest BCUT2D eigenvalue weighted by molar-refractivity contribution is 5.39. The number of benzene rings is 1. The maximum Gasteiger partial charge on any atom is 0.127 e. The fourth-order valence-electron chi connectivity index (χ4n) is 2.79. The Morgan fingerprint density at radius 3 is 2.71 bits per heavy atom. The van der Waals surface area contributed by atoms with Gasteiger partial charge >= 0.3 is 0 Å². The second kappa shape index (κ2) is 4.09. The predicted octanol–water partition coefficient (Wildman–Crippen LogP) is 3.97. The molecule has 0 amide bonds. The minimum atomic E-state index is -0.00796. The number of hydrogen-bond acceptors (Lipinski definition) is 1. The standard InChI is InChI=1S/C15H19FO/c1-9(2)13-8-17-7-12-5-11(10-3-4-10)6-14(16)15(12)13/h5-6,9-10,13H,3-4,7-8H2,1-2H3/t13-/m0/s1. The average molecular weight is 234 g/mol. The van der Waals surface area contributed by atoms with E-state index in [2.05, 4.69) is 19.9 Å². The first-order chi connectivity index (χ1) is 8.16.